The Morgan fingerprint density at radius 3 is 2.31 bits per heavy atom. The summed E-state index contributed by atoms with van der Waals surface area (Å²) in [6.45, 7) is 1.70. The van der Waals surface area contributed by atoms with E-state index in [1.165, 1.54) is 54.0 Å². The van der Waals surface area contributed by atoms with Gasteiger partial charge in [-0.05, 0) is 31.2 Å². The number of carbonyl (C=O) groups excluding carboxylic acids is 2. The second-order valence-electron chi connectivity index (χ2n) is 6.17. The van der Waals surface area contributed by atoms with Gasteiger partial charge in [-0.2, -0.15) is 14.6 Å². The minimum atomic E-state index is -0.645. The second-order valence-corrected chi connectivity index (χ2v) is 6.17. The van der Waals surface area contributed by atoms with Crippen LogP contribution in [0.4, 0.5) is 0 Å². The number of aromatic nitrogens is 5. The molecule has 4 rings (SSSR count). The van der Waals surface area contributed by atoms with Gasteiger partial charge >= 0.3 is 11.9 Å². The first-order chi connectivity index (χ1) is 13.9. The van der Waals surface area contributed by atoms with Gasteiger partial charge in [-0.3, -0.25) is 9.36 Å². The molecule has 0 aliphatic heterocycles. The highest BCUT2D eigenvalue weighted by atomic mass is 16.5. The minimum Gasteiger partial charge on any atom is -0.465 e. The molecule has 0 atom stereocenters. The van der Waals surface area contributed by atoms with E-state index < -0.39 is 11.9 Å². The average molecular weight is 393 g/mol. The normalized spacial score (nSPS) is 11.0. The van der Waals surface area contributed by atoms with E-state index in [1.807, 2.05) is 0 Å². The fourth-order valence-corrected chi connectivity index (χ4v) is 3.16. The molecule has 0 saturated heterocycles. The number of pyridine rings is 1. The van der Waals surface area contributed by atoms with Gasteiger partial charge in [-0.15, -0.1) is 0 Å². The fourth-order valence-electron chi connectivity index (χ4n) is 3.16. The van der Waals surface area contributed by atoms with Crippen molar-refractivity contribution in [3.63, 3.8) is 0 Å². The van der Waals surface area contributed by atoms with Crippen LogP contribution in [0.25, 0.3) is 22.4 Å². The Kier molecular flexibility index (Phi) is 4.30. The van der Waals surface area contributed by atoms with Crippen LogP contribution in [0.5, 0.6) is 0 Å². The largest absolute Gasteiger partial charge is 0.465 e. The van der Waals surface area contributed by atoms with Gasteiger partial charge < -0.3 is 9.47 Å². The van der Waals surface area contributed by atoms with Gasteiger partial charge in [0.1, 0.15) is 6.33 Å². The number of aryl methyl sites for hydroxylation is 1. The number of ether oxygens (including phenoxy) is 2. The molecule has 3 heterocycles. The molecule has 0 spiro atoms. The first kappa shape index (κ1) is 18.3. The van der Waals surface area contributed by atoms with Crippen LogP contribution >= 0.6 is 0 Å². The number of esters is 2. The fraction of sp³-hybridized carbons (Fsp3) is 0.158. The second kappa shape index (κ2) is 6.82. The van der Waals surface area contributed by atoms with Crippen molar-refractivity contribution in [2.75, 3.05) is 14.2 Å². The predicted molar refractivity (Wildman–Crippen MR) is 101 cm³/mol. The van der Waals surface area contributed by atoms with Crippen molar-refractivity contribution in [3.8, 4) is 5.69 Å². The number of nitrogens with zero attached hydrogens (tertiary/aromatic N) is 5. The zero-order chi connectivity index (χ0) is 20.7. The van der Waals surface area contributed by atoms with Crippen LogP contribution < -0.4 is 5.56 Å². The van der Waals surface area contributed by atoms with Crippen LogP contribution in [-0.4, -0.2) is 50.3 Å². The third-order valence-electron chi connectivity index (χ3n) is 4.50. The summed E-state index contributed by atoms with van der Waals surface area (Å²) in [6.07, 6.45) is 2.89. The molecule has 4 aromatic rings. The van der Waals surface area contributed by atoms with Gasteiger partial charge in [-0.1, -0.05) is 0 Å². The molecule has 0 amide bonds. The van der Waals surface area contributed by atoms with E-state index in [-0.39, 0.29) is 16.7 Å². The van der Waals surface area contributed by atoms with Gasteiger partial charge in [-0.25, -0.2) is 14.6 Å². The summed E-state index contributed by atoms with van der Waals surface area (Å²) in [4.78, 5) is 45.7. The molecule has 0 aliphatic carbocycles. The molecule has 10 nitrogen and oxygen atoms in total. The lowest BCUT2D eigenvalue weighted by atomic mass is 10.1. The molecule has 0 unspecified atom stereocenters. The summed E-state index contributed by atoms with van der Waals surface area (Å²) in [5.74, 6) is -0.908. The Balaban J connectivity index is 2.01. The Hall–Kier alpha value is -4.08. The molecular weight excluding hydrogens is 378 g/mol. The Morgan fingerprint density at radius 2 is 1.69 bits per heavy atom. The summed E-state index contributed by atoms with van der Waals surface area (Å²) in [5.41, 5.74) is 1.17. The van der Waals surface area contributed by atoms with E-state index in [9.17, 15) is 14.4 Å². The molecule has 0 saturated carbocycles. The zero-order valence-corrected chi connectivity index (χ0v) is 15.7. The van der Waals surface area contributed by atoms with Crippen LogP contribution in [0, 0.1) is 6.92 Å². The van der Waals surface area contributed by atoms with Crippen LogP contribution in [0.3, 0.4) is 0 Å². The van der Waals surface area contributed by atoms with Gasteiger partial charge in [0.05, 0.1) is 47.6 Å². The quantitative estimate of drug-likeness (QED) is 0.478. The van der Waals surface area contributed by atoms with E-state index >= 15 is 0 Å². The predicted octanol–water partition coefficient (Wildman–Crippen LogP) is 1.31. The smallest absolute Gasteiger partial charge is 0.337 e. The van der Waals surface area contributed by atoms with E-state index in [2.05, 4.69) is 15.1 Å². The van der Waals surface area contributed by atoms with Gasteiger partial charge in [0.25, 0.3) is 11.3 Å². The van der Waals surface area contributed by atoms with Gasteiger partial charge in [0, 0.05) is 6.20 Å². The highest BCUT2D eigenvalue weighted by Gasteiger charge is 2.17. The van der Waals surface area contributed by atoms with E-state index in [4.69, 9.17) is 9.47 Å². The Morgan fingerprint density at radius 1 is 1.03 bits per heavy atom. The summed E-state index contributed by atoms with van der Waals surface area (Å²) >= 11 is 0. The van der Waals surface area contributed by atoms with Crippen molar-refractivity contribution >= 4 is 28.6 Å². The van der Waals surface area contributed by atoms with Gasteiger partial charge in [0.15, 0.2) is 0 Å². The lowest BCUT2D eigenvalue weighted by molar-refractivity contribution is 0.0599. The van der Waals surface area contributed by atoms with E-state index in [1.54, 1.807) is 13.0 Å². The van der Waals surface area contributed by atoms with Crippen LogP contribution in [-0.2, 0) is 9.47 Å². The molecule has 0 N–H and O–H groups in total. The maximum atomic E-state index is 13.2. The van der Waals surface area contributed by atoms with Gasteiger partial charge in [0.2, 0.25) is 0 Å². The average Bonchev–Trinajstić information content (AvgIpc) is 3.20. The number of hydrogen-bond donors (Lipinski definition) is 0. The third kappa shape index (κ3) is 2.90. The molecule has 146 valence electrons. The number of fused-ring (bicyclic) bond motifs is 3. The van der Waals surface area contributed by atoms with E-state index in [0.717, 1.165) is 0 Å². The number of carbonyl (C=O) groups is 2. The first-order valence-corrected chi connectivity index (χ1v) is 8.48. The van der Waals surface area contributed by atoms with Crippen molar-refractivity contribution in [3.05, 3.63) is 64.0 Å². The standard InChI is InChI=1S/C19H15N5O5/c1-10-15-14(24-19(22-10)20-9-21-24)4-5-23(16(15)25)13-7-11(17(26)28-2)6-12(8-13)18(27)29-3/h4-9H,1-3H3. The van der Waals surface area contributed by atoms with Crippen LogP contribution in [0.2, 0.25) is 0 Å². The Bertz CT molecular complexity index is 1320. The van der Waals surface area contributed by atoms with Crippen molar-refractivity contribution in [1.82, 2.24) is 24.1 Å². The SMILES string of the molecule is COC(=O)c1cc(C(=O)OC)cc(-n2ccc3c(c(C)nc4ncnn43)c2=O)c1. The molecule has 0 aliphatic rings. The first-order valence-electron chi connectivity index (χ1n) is 8.48. The number of benzene rings is 1. The van der Waals surface area contributed by atoms with Crippen LogP contribution in [0.15, 0.2) is 41.6 Å². The van der Waals surface area contributed by atoms with Crippen molar-refractivity contribution in [1.29, 1.82) is 0 Å². The number of hydrogen-bond acceptors (Lipinski definition) is 8. The molecule has 3 aromatic heterocycles. The molecular formula is C19H15N5O5. The highest BCUT2D eigenvalue weighted by Crippen LogP contribution is 2.19. The maximum absolute atomic E-state index is 13.2. The van der Waals surface area contributed by atoms with E-state index in [0.29, 0.717) is 28.1 Å². The monoisotopic (exact) mass is 393 g/mol. The molecule has 1 aromatic carbocycles. The highest BCUT2D eigenvalue weighted by molar-refractivity contribution is 5.96. The van der Waals surface area contributed by atoms with Crippen molar-refractivity contribution in [2.24, 2.45) is 0 Å². The molecule has 0 bridgehead atoms. The third-order valence-corrected chi connectivity index (χ3v) is 4.50. The molecule has 10 heteroatoms. The summed E-state index contributed by atoms with van der Waals surface area (Å²) < 4.78 is 12.3. The maximum Gasteiger partial charge on any atom is 0.337 e. The van der Waals surface area contributed by atoms with Crippen molar-refractivity contribution < 1.29 is 19.1 Å². The van der Waals surface area contributed by atoms with Crippen molar-refractivity contribution in [2.45, 2.75) is 6.92 Å². The zero-order valence-electron chi connectivity index (χ0n) is 15.7. The molecule has 0 fully saturated rings. The summed E-state index contributed by atoms with van der Waals surface area (Å²) in [5, 5.41) is 4.44. The number of rotatable bonds is 3. The molecule has 29 heavy (non-hydrogen) atoms. The minimum absolute atomic E-state index is 0.110. The lowest BCUT2D eigenvalue weighted by Crippen LogP contribution is -2.21. The molecule has 0 radical (unpaired) electrons. The Labute approximate surface area is 163 Å². The van der Waals surface area contributed by atoms with Crippen LogP contribution in [0.1, 0.15) is 26.4 Å². The summed E-state index contributed by atoms with van der Waals surface area (Å²) in [7, 11) is 2.46. The summed E-state index contributed by atoms with van der Waals surface area (Å²) in [6, 6.07) is 5.96. The number of methoxy groups -OCH3 is 2. The lowest BCUT2D eigenvalue weighted by Gasteiger charge is -2.12. The topological polar surface area (TPSA) is 118 Å².